The van der Waals surface area contributed by atoms with Crippen molar-refractivity contribution in [1.82, 2.24) is 10.3 Å². The van der Waals surface area contributed by atoms with Crippen LogP contribution < -0.4 is 5.32 Å². The molecule has 1 N–H and O–H groups in total. The molecule has 1 atom stereocenters. The maximum atomic E-state index is 5.69. The van der Waals surface area contributed by atoms with E-state index < -0.39 is 0 Å². The number of oxazole rings is 1. The van der Waals surface area contributed by atoms with Crippen LogP contribution in [0.3, 0.4) is 0 Å². The Morgan fingerprint density at radius 2 is 2.25 bits per heavy atom. The van der Waals surface area contributed by atoms with Crippen LogP contribution in [0.2, 0.25) is 0 Å². The number of halogens is 2. The van der Waals surface area contributed by atoms with E-state index in [9.17, 15) is 0 Å². The van der Waals surface area contributed by atoms with E-state index in [0.717, 1.165) is 18.9 Å². The lowest BCUT2D eigenvalue weighted by Crippen LogP contribution is -2.12. The lowest BCUT2D eigenvalue weighted by Gasteiger charge is -2.03. The fourth-order valence-electron chi connectivity index (χ4n) is 1.19. The topological polar surface area (TPSA) is 38.1 Å². The monoisotopic (exact) mass is 364 g/mol. The van der Waals surface area contributed by atoms with Crippen molar-refractivity contribution in [2.75, 3.05) is 7.05 Å². The van der Waals surface area contributed by atoms with Gasteiger partial charge in [0, 0.05) is 4.47 Å². The molecule has 0 aliphatic heterocycles. The van der Waals surface area contributed by atoms with Gasteiger partial charge in [-0.2, -0.15) is 0 Å². The zero-order chi connectivity index (χ0) is 11.7. The molecular weight excluding hydrogens is 356 g/mol. The maximum Gasteiger partial charge on any atom is 0.211 e. The molecule has 3 nitrogen and oxygen atoms in total. The fraction of sp³-hybridized carbons (Fsp3) is 0.300. The summed E-state index contributed by atoms with van der Waals surface area (Å²) in [7, 11) is 1.88. The van der Waals surface area contributed by atoms with Crippen LogP contribution in [-0.2, 0) is 0 Å². The molecule has 0 aromatic carbocycles. The molecule has 0 spiro atoms. The maximum absolute atomic E-state index is 5.69. The number of thiophene rings is 1. The lowest BCUT2D eigenvalue weighted by molar-refractivity contribution is 0.442. The first-order valence-corrected chi connectivity index (χ1v) is 7.10. The predicted octanol–water partition coefficient (Wildman–Crippen LogP) is 4.21. The smallest absolute Gasteiger partial charge is 0.211 e. The van der Waals surface area contributed by atoms with Crippen LogP contribution in [0.1, 0.15) is 18.9 Å². The van der Waals surface area contributed by atoms with Crippen LogP contribution in [-0.4, -0.2) is 12.0 Å². The Morgan fingerprint density at radius 1 is 1.50 bits per heavy atom. The van der Waals surface area contributed by atoms with Gasteiger partial charge in [0.15, 0.2) is 5.76 Å². The van der Waals surface area contributed by atoms with Crippen LogP contribution in [0.25, 0.3) is 10.6 Å². The quantitative estimate of drug-likeness (QED) is 0.885. The van der Waals surface area contributed by atoms with Crippen molar-refractivity contribution in [3.8, 4) is 10.6 Å². The Bertz CT molecular complexity index is 475. The van der Waals surface area contributed by atoms with Crippen molar-refractivity contribution in [3.63, 3.8) is 0 Å². The zero-order valence-electron chi connectivity index (χ0n) is 8.75. The van der Waals surface area contributed by atoms with Crippen LogP contribution in [0, 0.1) is 0 Å². The minimum atomic E-state index is 0.126. The van der Waals surface area contributed by atoms with Gasteiger partial charge in [-0.05, 0) is 51.9 Å². The molecule has 0 aliphatic carbocycles. The molecule has 0 bridgehead atoms. The van der Waals surface area contributed by atoms with Crippen LogP contribution in [0.5, 0.6) is 0 Å². The molecule has 0 radical (unpaired) electrons. The summed E-state index contributed by atoms with van der Waals surface area (Å²) in [6.07, 6.45) is 1.76. The summed E-state index contributed by atoms with van der Waals surface area (Å²) in [4.78, 5) is 5.31. The van der Waals surface area contributed by atoms with Crippen molar-refractivity contribution in [3.05, 3.63) is 26.4 Å². The Hall–Kier alpha value is -0.170. The highest BCUT2D eigenvalue weighted by atomic mass is 79.9. The van der Waals surface area contributed by atoms with Gasteiger partial charge in [-0.15, -0.1) is 11.3 Å². The van der Waals surface area contributed by atoms with E-state index in [-0.39, 0.29) is 6.04 Å². The molecule has 1 unspecified atom stereocenters. The summed E-state index contributed by atoms with van der Waals surface area (Å²) < 4.78 is 7.78. The van der Waals surface area contributed by atoms with Crippen molar-refractivity contribution in [2.24, 2.45) is 0 Å². The Balaban J connectivity index is 2.31. The molecule has 6 heteroatoms. The number of rotatable bonds is 3. The number of hydrogen-bond acceptors (Lipinski definition) is 4. The second kappa shape index (κ2) is 5.00. The summed E-state index contributed by atoms with van der Waals surface area (Å²) >= 11 is 8.53. The zero-order valence-corrected chi connectivity index (χ0v) is 12.7. The van der Waals surface area contributed by atoms with Gasteiger partial charge in [0.05, 0.1) is 20.9 Å². The summed E-state index contributed by atoms with van der Waals surface area (Å²) in [5.41, 5.74) is 0. The Labute approximate surface area is 115 Å². The highest BCUT2D eigenvalue weighted by Crippen LogP contribution is 2.38. The normalized spacial score (nSPS) is 13.0. The number of hydrogen-bond donors (Lipinski definition) is 1. The van der Waals surface area contributed by atoms with Crippen molar-refractivity contribution in [2.45, 2.75) is 13.0 Å². The Morgan fingerprint density at radius 3 is 2.81 bits per heavy atom. The van der Waals surface area contributed by atoms with E-state index in [1.54, 1.807) is 17.5 Å². The first-order chi connectivity index (χ1) is 7.61. The fourth-order valence-corrected chi connectivity index (χ4v) is 3.18. The summed E-state index contributed by atoms with van der Waals surface area (Å²) in [6.45, 7) is 2.01. The van der Waals surface area contributed by atoms with E-state index in [2.05, 4.69) is 42.2 Å². The second-order valence-electron chi connectivity index (χ2n) is 3.31. The minimum absolute atomic E-state index is 0.126. The SMILES string of the molecule is CNC(C)c1ncc(-c2cc(Br)c(Br)s2)o1. The first-order valence-electron chi connectivity index (χ1n) is 4.70. The molecule has 16 heavy (non-hydrogen) atoms. The molecule has 2 aromatic rings. The molecule has 2 rings (SSSR count). The number of nitrogens with one attached hydrogen (secondary N) is 1. The first kappa shape index (κ1) is 12.3. The average molecular weight is 366 g/mol. The third-order valence-corrected chi connectivity index (χ3v) is 5.49. The van der Waals surface area contributed by atoms with E-state index in [0.29, 0.717) is 5.89 Å². The molecule has 2 aromatic heterocycles. The van der Waals surface area contributed by atoms with E-state index in [4.69, 9.17) is 4.42 Å². The number of nitrogens with zero attached hydrogens (tertiary/aromatic N) is 1. The number of aromatic nitrogens is 1. The second-order valence-corrected chi connectivity index (χ2v) is 6.53. The molecule has 0 fully saturated rings. The van der Waals surface area contributed by atoms with Crippen molar-refractivity contribution < 1.29 is 4.42 Å². The van der Waals surface area contributed by atoms with Gasteiger partial charge in [0.2, 0.25) is 5.89 Å². The van der Waals surface area contributed by atoms with Crippen molar-refractivity contribution >= 4 is 43.2 Å². The summed E-state index contributed by atoms with van der Waals surface area (Å²) in [5.74, 6) is 1.51. The van der Waals surface area contributed by atoms with E-state index >= 15 is 0 Å². The molecule has 0 amide bonds. The van der Waals surface area contributed by atoms with Gasteiger partial charge in [-0.3, -0.25) is 0 Å². The molecule has 0 saturated heterocycles. The van der Waals surface area contributed by atoms with E-state index in [1.165, 1.54) is 0 Å². The predicted molar refractivity (Wildman–Crippen MR) is 72.7 cm³/mol. The highest BCUT2D eigenvalue weighted by molar-refractivity contribution is 9.13. The van der Waals surface area contributed by atoms with Gasteiger partial charge < -0.3 is 9.73 Å². The van der Waals surface area contributed by atoms with Gasteiger partial charge in [-0.25, -0.2) is 4.98 Å². The lowest BCUT2D eigenvalue weighted by atomic mass is 10.3. The molecule has 2 heterocycles. The van der Waals surface area contributed by atoms with Gasteiger partial charge >= 0.3 is 0 Å². The van der Waals surface area contributed by atoms with Gasteiger partial charge in [0.25, 0.3) is 0 Å². The van der Waals surface area contributed by atoms with Gasteiger partial charge in [-0.1, -0.05) is 0 Å². The largest absolute Gasteiger partial charge is 0.438 e. The highest BCUT2D eigenvalue weighted by Gasteiger charge is 2.14. The van der Waals surface area contributed by atoms with Crippen molar-refractivity contribution in [1.29, 1.82) is 0 Å². The van der Waals surface area contributed by atoms with Gasteiger partial charge in [0.1, 0.15) is 0 Å². The van der Waals surface area contributed by atoms with Crippen LogP contribution in [0.4, 0.5) is 0 Å². The summed E-state index contributed by atoms with van der Waals surface area (Å²) in [5, 5.41) is 3.09. The Kier molecular flexibility index (Phi) is 3.84. The molecule has 0 aliphatic rings. The molecule has 86 valence electrons. The average Bonchev–Trinajstić information content (AvgIpc) is 2.86. The molecular formula is C10H10Br2N2OS. The minimum Gasteiger partial charge on any atom is -0.438 e. The molecule has 0 saturated carbocycles. The third-order valence-electron chi connectivity index (χ3n) is 2.22. The third kappa shape index (κ3) is 2.40. The van der Waals surface area contributed by atoms with Crippen LogP contribution >= 0.6 is 43.2 Å². The van der Waals surface area contributed by atoms with Crippen LogP contribution in [0.15, 0.2) is 24.9 Å². The standard InChI is InChI=1S/C10H10Br2N2OS/c1-5(13-2)10-14-4-7(15-10)8-3-6(11)9(12)16-8/h3-5,13H,1-2H3. The van der Waals surface area contributed by atoms with E-state index in [1.807, 2.05) is 20.0 Å². The summed E-state index contributed by atoms with van der Waals surface area (Å²) in [6, 6.07) is 2.14.